The van der Waals surface area contributed by atoms with Gasteiger partial charge in [0.05, 0.1) is 9.06 Å². The number of nitrogens with zero attached hydrogens (tertiary/aromatic N) is 2. The van der Waals surface area contributed by atoms with Gasteiger partial charge in [-0.2, -0.15) is 10.5 Å². The molecule has 33 heavy (non-hydrogen) atoms. The molecule has 0 unspecified atom stereocenters. The van der Waals surface area contributed by atoms with Crippen LogP contribution in [0.15, 0.2) is 94.5 Å². The van der Waals surface area contributed by atoms with Crippen molar-refractivity contribution in [1.82, 2.24) is 0 Å². The van der Waals surface area contributed by atoms with Crippen LogP contribution in [0.5, 0.6) is 0 Å². The van der Waals surface area contributed by atoms with Crippen LogP contribution in [0.25, 0.3) is 10.8 Å². The molecule has 1 heterocycles. The first-order chi connectivity index (χ1) is 16.1. The molecule has 0 fully saturated rings. The minimum absolute atomic E-state index is 0.164. The fraction of sp³-hybridized carbons (Fsp3) is 0. The Morgan fingerprint density at radius 1 is 0.576 bits per heavy atom. The van der Waals surface area contributed by atoms with Crippen molar-refractivity contribution < 1.29 is 0 Å². The third-order valence-corrected chi connectivity index (χ3v) is 7.13. The van der Waals surface area contributed by atoms with Crippen molar-refractivity contribution in [3.63, 3.8) is 0 Å². The van der Waals surface area contributed by atoms with Crippen molar-refractivity contribution in [3.05, 3.63) is 124 Å². The normalized spacial score (nSPS) is 10.0. The van der Waals surface area contributed by atoms with Crippen molar-refractivity contribution in [3.8, 4) is 12.1 Å². The molecule has 0 saturated heterocycles. The number of rotatable bonds is 2. The summed E-state index contributed by atoms with van der Waals surface area (Å²) in [5.74, 6) is 0. The van der Waals surface area contributed by atoms with Crippen molar-refractivity contribution in [2.75, 3.05) is 5.32 Å². The van der Waals surface area contributed by atoms with E-state index in [-0.39, 0.29) is 29.7 Å². The number of hydrogen-bond acceptors (Lipinski definition) is 7. The number of fused-ring (bicyclic) bond motifs is 1. The summed E-state index contributed by atoms with van der Waals surface area (Å²) in [6.45, 7) is 0. The van der Waals surface area contributed by atoms with Gasteiger partial charge in [-0.15, -0.1) is 22.7 Å². The molecule has 5 nitrogen and oxygen atoms in total. The Kier molecular flexibility index (Phi) is 6.56. The molecule has 0 spiro atoms. The van der Waals surface area contributed by atoms with Crippen LogP contribution in [0.3, 0.4) is 0 Å². The summed E-state index contributed by atoms with van der Waals surface area (Å²) >= 11 is 1.82. The van der Waals surface area contributed by atoms with Gasteiger partial charge in [0, 0.05) is 22.1 Å². The summed E-state index contributed by atoms with van der Waals surface area (Å²) in [4.78, 5) is 25.1. The molecule has 0 atom stereocenters. The number of para-hydroxylation sites is 2. The second kappa shape index (κ2) is 9.88. The van der Waals surface area contributed by atoms with Gasteiger partial charge in [-0.05, 0) is 24.3 Å². The maximum Gasteiger partial charge on any atom is 0.205 e. The Morgan fingerprint density at radius 2 is 0.939 bits per heavy atom. The van der Waals surface area contributed by atoms with E-state index in [4.69, 9.17) is 10.5 Å². The molecule has 0 bridgehead atoms. The van der Waals surface area contributed by atoms with E-state index >= 15 is 0 Å². The minimum atomic E-state index is -0.266. The standard InChI is InChI=1S/C14H4N2O2S2.C12H11N/c15-5-9-10(6-16)20-14-12(18)8-4-2-1-3-7(8)11(17)13(14)19-9;1-3-7-11(8-4-1)13-12-9-5-2-6-10-12/h1-4H;1-10,13H. The predicted molar refractivity (Wildman–Crippen MR) is 133 cm³/mol. The molecule has 2 aliphatic rings. The molecule has 5 rings (SSSR count). The summed E-state index contributed by atoms with van der Waals surface area (Å²) in [5.41, 5.74) is 1.71. The average molecular weight is 466 g/mol. The maximum absolute atomic E-state index is 12.4. The molecule has 1 aliphatic heterocycles. The van der Waals surface area contributed by atoms with Gasteiger partial charge >= 0.3 is 0 Å². The molecule has 0 aromatic heterocycles. The second-order valence-electron chi connectivity index (χ2n) is 6.81. The molecule has 0 saturated carbocycles. The number of anilines is 2. The van der Waals surface area contributed by atoms with Crippen LogP contribution in [0.2, 0.25) is 0 Å². The second-order valence-corrected chi connectivity index (χ2v) is 8.85. The Morgan fingerprint density at radius 3 is 1.30 bits per heavy atom. The summed E-state index contributed by atoms with van der Waals surface area (Å²) in [6.07, 6.45) is 0. The lowest BCUT2D eigenvalue weighted by Gasteiger charge is -2.04. The summed E-state index contributed by atoms with van der Waals surface area (Å²) in [6, 6.07) is 30.7. The first-order valence-corrected chi connectivity index (χ1v) is 11.5. The van der Waals surface area contributed by atoms with E-state index in [1.165, 1.54) is 0 Å². The smallest absolute Gasteiger partial charge is 0.205 e. The summed E-state index contributed by atoms with van der Waals surface area (Å²) < 4.78 is 0.489. The molecule has 158 valence electrons. The molecule has 0 amide bonds. The highest BCUT2D eigenvalue weighted by Crippen LogP contribution is 2.20. The predicted octanol–water partition coefficient (Wildman–Crippen LogP) is 5.58. The summed E-state index contributed by atoms with van der Waals surface area (Å²) in [7, 11) is 0. The van der Waals surface area contributed by atoms with Gasteiger partial charge < -0.3 is 5.32 Å². The fourth-order valence-corrected chi connectivity index (χ4v) is 5.22. The zero-order valence-electron chi connectivity index (χ0n) is 17.1. The largest absolute Gasteiger partial charge is 0.356 e. The molecular weight excluding hydrogens is 450 g/mol. The Hall–Kier alpha value is -4.30. The lowest BCUT2D eigenvalue weighted by atomic mass is 10.1. The van der Waals surface area contributed by atoms with Crippen LogP contribution >= 0.6 is 22.7 Å². The van der Waals surface area contributed by atoms with E-state index in [1.54, 1.807) is 24.3 Å². The van der Waals surface area contributed by atoms with Crippen molar-refractivity contribution in [2.45, 2.75) is 0 Å². The molecule has 7 heteroatoms. The quantitative estimate of drug-likeness (QED) is 0.367. The Bertz CT molecular complexity index is 1570. The fourth-order valence-electron chi connectivity index (χ4n) is 3.17. The number of nitrogens with one attached hydrogen (secondary N) is 1. The average Bonchev–Trinajstić information content (AvgIpc) is 2.88. The van der Waals surface area contributed by atoms with Crippen LogP contribution in [0.4, 0.5) is 11.4 Å². The van der Waals surface area contributed by atoms with Crippen LogP contribution in [-0.4, -0.2) is 0 Å². The third-order valence-electron chi connectivity index (χ3n) is 4.69. The molecule has 0 radical (unpaired) electrons. The molecule has 1 N–H and O–H groups in total. The van der Waals surface area contributed by atoms with Crippen molar-refractivity contribution in [1.29, 1.82) is 10.5 Å². The lowest BCUT2D eigenvalue weighted by Crippen LogP contribution is -2.13. The Balaban J connectivity index is 0.000000172. The van der Waals surface area contributed by atoms with E-state index in [2.05, 4.69) is 5.32 Å². The summed E-state index contributed by atoms with van der Waals surface area (Å²) in [5, 5.41) is 22.0. The number of nitriles is 2. The van der Waals surface area contributed by atoms with Crippen LogP contribution in [-0.2, 0) is 0 Å². The molecule has 3 aromatic rings. The SMILES string of the molecule is N#Cc1sc2c(=O)c3ccccc3c(=O)c=2sc1C#N.c1ccc(Nc2ccccc2)cc1. The topological polar surface area (TPSA) is 93.8 Å². The van der Waals surface area contributed by atoms with Crippen molar-refractivity contribution in [2.24, 2.45) is 0 Å². The number of benzene rings is 3. The molecule has 1 aliphatic carbocycles. The van der Waals surface area contributed by atoms with E-state index in [0.29, 0.717) is 10.8 Å². The van der Waals surface area contributed by atoms with Crippen LogP contribution in [0.1, 0.15) is 9.75 Å². The van der Waals surface area contributed by atoms with Crippen LogP contribution in [0, 0.1) is 31.7 Å². The van der Waals surface area contributed by atoms with Gasteiger partial charge in [0.1, 0.15) is 21.9 Å². The highest BCUT2D eigenvalue weighted by molar-refractivity contribution is 7.18. The van der Waals surface area contributed by atoms with E-state index in [9.17, 15) is 9.59 Å². The van der Waals surface area contributed by atoms with E-state index in [0.717, 1.165) is 34.0 Å². The monoisotopic (exact) mass is 465 g/mol. The van der Waals surface area contributed by atoms with Crippen molar-refractivity contribution >= 4 is 44.8 Å². The van der Waals surface area contributed by atoms with Gasteiger partial charge in [-0.1, -0.05) is 60.7 Å². The molecule has 3 aromatic carbocycles. The van der Waals surface area contributed by atoms with E-state index in [1.807, 2.05) is 72.8 Å². The zero-order chi connectivity index (χ0) is 23.2. The van der Waals surface area contributed by atoms with Gasteiger partial charge in [-0.3, -0.25) is 9.59 Å². The lowest BCUT2D eigenvalue weighted by molar-refractivity contribution is 1.49. The van der Waals surface area contributed by atoms with Crippen LogP contribution < -0.4 is 16.2 Å². The first kappa shape index (κ1) is 21.9. The van der Waals surface area contributed by atoms with Gasteiger partial charge in [0.25, 0.3) is 0 Å². The van der Waals surface area contributed by atoms with Gasteiger partial charge in [0.15, 0.2) is 0 Å². The molecular formula is C26H15N3O2S2. The third kappa shape index (κ3) is 4.65. The maximum atomic E-state index is 12.4. The number of hydrogen-bond donors (Lipinski definition) is 1. The van der Waals surface area contributed by atoms with Gasteiger partial charge in [0.2, 0.25) is 10.9 Å². The van der Waals surface area contributed by atoms with Gasteiger partial charge in [-0.25, -0.2) is 0 Å². The van der Waals surface area contributed by atoms with E-state index < -0.39 is 0 Å². The zero-order valence-corrected chi connectivity index (χ0v) is 18.7. The highest BCUT2D eigenvalue weighted by atomic mass is 32.1. The minimum Gasteiger partial charge on any atom is -0.356 e. The first-order valence-electron chi connectivity index (χ1n) is 9.82. The Labute approximate surface area is 196 Å². The highest BCUT2D eigenvalue weighted by Gasteiger charge is 2.12.